The van der Waals surface area contributed by atoms with Crippen molar-refractivity contribution in [3.8, 4) is 0 Å². The Morgan fingerprint density at radius 2 is 1.95 bits per heavy atom. The minimum absolute atomic E-state index is 0.168. The molecule has 2 aromatic heterocycles. The maximum atomic E-state index is 12.1. The molecule has 0 spiro atoms. The molecule has 0 aliphatic heterocycles. The van der Waals surface area contributed by atoms with Gasteiger partial charge >= 0.3 is 6.03 Å². The number of amides is 1. The molecule has 0 fully saturated rings. The van der Waals surface area contributed by atoms with Crippen LogP contribution in [0, 0.1) is 0 Å². The summed E-state index contributed by atoms with van der Waals surface area (Å²) in [6.45, 7) is 0.633. The normalized spacial score (nSPS) is 10.7. The van der Waals surface area contributed by atoms with Crippen molar-refractivity contribution in [2.24, 2.45) is 0 Å². The van der Waals surface area contributed by atoms with E-state index in [2.05, 4.69) is 27.4 Å². The monoisotopic (exact) mass is 280 g/mol. The van der Waals surface area contributed by atoms with E-state index in [1.165, 1.54) is 16.5 Å². The lowest BCUT2D eigenvalue weighted by Crippen LogP contribution is -2.29. The van der Waals surface area contributed by atoms with Gasteiger partial charge in [-0.25, -0.2) is 19.3 Å². The first-order valence-electron chi connectivity index (χ1n) is 6.95. The number of carbonyl (C=O) groups excluding carboxylic acids is 1. The molecular weight excluding hydrogens is 264 g/mol. The summed E-state index contributed by atoms with van der Waals surface area (Å²) in [5, 5.41) is 2.90. The summed E-state index contributed by atoms with van der Waals surface area (Å²) in [6.07, 6.45) is 5.02. The van der Waals surface area contributed by atoms with E-state index in [4.69, 9.17) is 0 Å². The number of nitrogens with one attached hydrogen (secondary N) is 1. The summed E-state index contributed by atoms with van der Waals surface area (Å²) in [5.41, 5.74) is 2.58. The summed E-state index contributed by atoms with van der Waals surface area (Å²) >= 11 is 0. The van der Waals surface area contributed by atoms with E-state index in [1.54, 1.807) is 12.3 Å². The van der Waals surface area contributed by atoms with E-state index < -0.39 is 0 Å². The fourth-order valence-corrected chi connectivity index (χ4v) is 2.23. The fourth-order valence-electron chi connectivity index (χ4n) is 2.23. The number of hydrogen-bond acceptors (Lipinski definition) is 3. The Bertz CT molecular complexity index is 736. The van der Waals surface area contributed by atoms with Crippen molar-refractivity contribution in [2.75, 3.05) is 6.54 Å². The van der Waals surface area contributed by atoms with E-state index in [-0.39, 0.29) is 6.03 Å². The number of imidazole rings is 1. The number of hydrogen-bond donors (Lipinski definition) is 1. The largest absolute Gasteiger partial charge is 0.337 e. The summed E-state index contributed by atoms with van der Waals surface area (Å²) in [6, 6.07) is 13.7. The smallest absolute Gasteiger partial charge is 0.327 e. The summed E-state index contributed by atoms with van der Waals surface area (Å²) in [5.74, 6) is 0. The summed E-state index contributed by atoms with van der Waals surface area (Å²) in [4.78, 5) is 20.3. The lowest BCUT2D eigenvalue weighted by Gasteiger charge is -2.06. The van der Waals surface area contributed by atoms with Gasteiger partial charge in [-0.3, -0.25) is 0 Å². The van der Waals surface area contributed by atoms with Crippen LogP contribution in [0.3, 0.4) is 0 Å². The number of benzene rings is 1. The zero-order valence-electron chi connectivity index (χ0n) is 11.6. The maximum Gasteiger partial charge on any atom is 0.327 e. The Morgan fingerprint density at radius 3 is 2.81 bits per heavy atom. The third kappa shape index (κ3) is 3.08. The molecule has 3 aromatic rings. The molecule has 2 heterocycles. The Hall–Kier alpha value is -2.69. The molecule has 1 aromatic carbocycles. The van der Waals surface area contributed by atoms with Gasteiger partial charge in [0.05, 0.1) is 5.52 Å². The van der Waals surface area contributed by atoms with Gasteiger partial charge in [-0.2, -0.15) is 0 Å². The number of carbonyl (C=O) groups is 1. The quantitative estimate of drug-likeness (QED) is 0.747. The van der Waals surface area contributed by atoms with Gasteiger partial charge in [0.1, 0.15) is 6.33 Å². The lowest BCUT2D eigenvalue weighted by atomic mass is 10.1. The van der Waals surface area contributed by atoms with Crippen LogP contribution in [-0.4, -0.2) is 27.1 Å². The Morgan fingerprint density at radius 1 is 1.10 bits per heavy atom. The number of nitrogens with zero attached hydrogens (tertiary/aromatic N) is 3. The van der Waals surface area contributed by atoms with Crippen molar-refractivity contribution in [1.82, 2.24) is 19.9 Å². The SMILES string of the molecule is O=C(NCCCc1ccccc1)n1cnc2ncccc21. The summed E-state index contributed by atoms with van der Waals surface area (Å²) < 4.78 is 1.49. The average molecular weight is 280 g/mol. The first-order chi connectivity index (χ1) is 10.3. The molecule has 5 heteroatoms. The van der Waals surface area contributed by atoms with E-state index >= 15 is 0 Å². The molecule has 0 unspecified atom stereocenters. The summed E-state index contributed by atoms with van der Waals surface area (Å²) in [7, 11) is 0. The average Bonchev–Trinajstić information content (AvgIpc) is 2.96. The van der Waals surface area contributed by atoms with E-state index in [9.17, 15) is 4.79 Å². The van der Waals surface area contributed by atoms with Gasteiger partial charge in [-0.05, 0) is 30.5 Å². The topological polar surface area (TPSA) is 59.8 Å². The van der Waals surface area contributed by atoms with Crippen LogP contribution in [0.25, 0.3) is 11.2 Å². The van der Waals surface area contributed by atoms with Gasteiger partial charge in [0, 0.05) is 12.7 Å². The molecule has 0 saturated carbocycles. The highest BCUT2D eigenvalue weighted by Gasteiger charge is 2.09. The van der Waals surface area contributed by atoms with Crippen molar-refractivity contribution in [1.29, 1.82) is 0 Å². The van der Waals surface area contributed by atoms with Gasteiger partial charge < -0.3 is 5.32 Å². The lowest BCUT2D eigenvalue weighted by molar-refractivity contribution is 0.243. The van der Waals surface area contributed by atoms with Gasteiger partial charge in [-0.1, -0.05) is 30.3 Å². The van der Waals surface area contributed by atoms with Crippen LogP contribution in [0.15, 0.2) is 55.0 Å². The maximum absolute atomic E-state index is 12.1. The Labute approximate surface area is 122 Å². The van der Waals surface area contributed by atoms with Gasteiger partial charge in [0.15, 0.2) is 5.65 Å². The number of aromatic nitrogens is 3. The van der Waals surface area contributed by atoms with E-state index in [0.29, 0.717) is 12.2 Å². The zero-order chi connectivity index (χ0) is 14.5. The molecule has 0 aliphatic carbocycles. The highest BCUT2D eigenvalue weighted by molar-refractivity contribution is 5.87. The number of rotatable bonds is 4. The second kappa shape index (κ2) is 6.17. The van der Waals surface area contributed by atoms with Gasteiger partial charge in [0.2, 0.25) is 0 Å². The number of aryl methyl sites for hydroxylation is 1. The second-order valence-corrected chi connectivity index (χ2v) is 4.78. The standard InChI is InChI=1S/C16H16N4O/c21-16(18-11-4-8-13-6-2-1-3-7-13)20-12-19-15-14(20)9-5-10-17-15/h1-3,5-7,9-10,12H,4,8,11H2,(H,18,21). The van der Waals surface area contributed by atoms with Gasteiger partial charge in [-0.15, -0.1) is 0 Å². The van der Waals surface area contributed by atoms with Crippen molar-refractivity contribution in [3.05, 3.63) is 60.6 Å². The first kappa shape index (κ1) is 13.3. The van der Waals surface area contributed by atoms with Crippen LogP contribution in [-0.2, 0) is 6.42 Å². The molecule has 21 heavy (non-hydrogen) atoms. The van der Waals surface area contributed by atoms with E-state index in [1.807, 2.05) is 24.3 Å². The molecular formula is C16H16N4O. The van der Waals surface area contributed by atoms with Crippen LogP contribution < -0.4 is 5.32 Å². The molecule has 1 N–H and O–H groups in total. The highest BCUT2D eigenvalue weighted by atomic mass is 16.2. The molecule has 0 saturated heterocycles. The number of pyridine rings is 1. The predicted octanol–water partition coefficient (Wildman–Crippen LogP) is 2.62. The van der Waals surface area contributed by atoms with E-state index in [0.717, 1.165) is 18.4 Å². The van der Waals surface area contributed by atoms with Crippen molar-refractivity contribution < 1.29 is 4.79 Å². The number of fused-ring (bicyclic) bond motifs is 1. The van der Waals surface area contributed by atoms with Crippen molar-refractivity contribution in [3.63, 3.8) is 0 Å². The van der Waals surface area contributed by atoms with Crippen LogP contribution in [0.1, 0.15) is 12.0 Å². The van der Waals surface area contributed by atoms with Crippen molar-refractivity contribution >= 4 is 17.2 Å². The first-order valence-corrected chi connectivity index (χ1v) is 6.95. The molecule has 106 valence electrons. The third-order valence-electron chi connectivity index (χ3n) is 3.30. The van der Waals surface area contributed by atoms with Crippen LogP contribution in [0.4, 0.5) is 4.79 Å². The van der Waals surface area contributed by atoms with Crippen LogP contribution >= 0.6 is 0 Å². The fraction of sp³-hybridized carbons (Fsp3) is 0.188. The molecule has 1 amide bonds. The predicted molar refractivity (Wildman–Crippen MR) is 81.1 cm³/mol. The minimum atomic E-state index is -0.168. The zero-order valence-corrected chi connectivity index (χ0v) is 11.6. The highest BCUT2D eigenvalue weighted by Crippen LogP contribution is 2.08. The van der Waals surface area contributed by atoms with Crippen LogP contribution in [0.5, 0.6) is 0 Å². The Balaban J connectivity index is 1.55. The van der Waals surface area contributed by atoms with Crippen LogP contribution in [0.2, 0.25) is 0 Å². The molecule has 0 radical (unpaired) electrons. The Kier molecular flexibility index (Phi) is 3.91. The molecule has 0 aliphatic rings. The molecule has 5 nitrogen and oxygen atoms in total. The third-order valence-corrected chi connectivity index (χ3v) is 3.30. The molecule has 3 rings (SSSR count). The second-order valence-electron chi connectivity index (χ2n) is 4.78. The minimum Gasteiger partial charge on any atom is -0.337 e. The molecule has 0 bridgehead atoms. The van der Waals surface area contributed by atoms with Gasteiger partial charge in [0.25, 0.3) is 0 Å². The van der Waals surface area contributed by atoms with Crippen molar-refractivity contribution in [2.45, 2.75) is 12.8 Å². The molecule has 0 atom stereocenters.